The van der Waals surface area contributed by atoms with Crippen LogP contribution in [0.5, 0.6) is 0 Å². The molecule has 2 aromatic rings. The van der Waals surface area contributed by atoms with Crippen LogP contribution < -0.4 is 16.0 Å². The number of unbranched alkanes of at least 4 members (excludes halogenated alkanes) is 1. The van der Waals surface area contributed by atoms with Gasteiger partial charge in [-0.3, -0.25) is 9.59 Å². The van der Waals surface area contributed by atoms with Crippen molar-refractivity contribution >= 4 is 41.7 Å². The molecule has 3 rings (SSSR count). The molecule has 0 unspecified atom stereocenters. The van der Waals surface area contributed by atoms with Crippen molar-refractivity contribution in [2.75, 3.05) is 30.3 Å². The second-order valence-electron chi connectivity index (χ2n) is 6.46. The van der Waals surface area contributed by atoms with Crippen molar-refractivity contribution in [2.24, 2.45) is 5.73 Å². The number of anilines is 1. The SMILES string of the molecule is Cl.NCCCCNC(=O)c1ccccc1SCC(=O)N1CCc2ccccc21. The topological polar surface area (TPSA) is 75.4 Å². The minimum Gasteiger partial charge on any atom is -0.352 e. The van der Waals surface area contributed by atoms with Crippen molar-refractivity contribution < 1.29 is 9.59 Å². The van der Waals surface area contributed by atoms with Crippen molar-refractivity contribution in [1.29, 1.82) is 0 Å². The molecule has 28 heavy (non-hydrogen) atoms. The minimum absolute atomic E-state index is 0. The maximum Gasteiger partial charge on any atom is 0.252 e. The minimum atomic E-state index is -0.103. The largest absolute Gasteiger partial charge is 0.352 e. The summed E-state index contributed by atoms with van der Waals surface area (Å²) in [5.41, 5.74) is 8.32. The van der Waals surface area contributed by atoms with Crippen LogP contribution in [0.15, 0.2) is 53.4 Å². The van der Waals surface area contributed by atoms with Gasteiger partial charge in [0.1, 0.15) is 0 Å². The van der Waals surface area contributed by atoms with Crippen LogP contribution in [0.25, 0.3) is 0 Å². The number of carbonyl (C=O) groups is 2. The van der Waals surface area contributed by atoms with Crippen LogP contribution in [-0.4, -0.2) is 37.2 Å². The highest BCUT2D eigenvalue weighted by Gasteiger charge is 2.24. The van der Waals surface area contributed by atoms with Crippen molar-refractivity contribution in [3.8, 4) is 0 Å². The Labute approximate surface area is 176 Å². The Kier molecular flexibility index (Phi) is 8.83. The number of fused-ring (bicyclic) bond motifs is 1. The Morgan fingerprint density at radius 2 is 1.82 bits per heavy atom. The Morgan fingerprint density at radius 1 is 1.07 bits per heavy atom. The highest BCUT2D eigenvalue weighted by atomic mass is 35.5. The monoisotopic (exact) mass is 419 g/mol. The van der Waals surface area contributed by atoms with Gasteiger partial charge >= 0.3 is 0 Å². The van der Waals surface area contributed by atoms with Gasteiger partial charge in [0.15, 0.2) is 0 Å². The fourth-order valence-electron chi connectivity index (χ4n) is 3.16. The van der Waals surface area contributed by atoms with E-state index in [1.165, 1.54) is 17.3 Å². The zero-order valence-electron chi connectivity index (χ0n) is 15.7. The van der Waals surface area contributed by atoms with E-state index in [0.29, 0.717) is 24.4 Å². The lowest BCUT2D eigenvalue weighted by Crippen LogP contribution is -2.30. The second kappa shape index (κ2) is 11.1. The number of hydrogen-bond donors (Lipinski definition) is 2. The average Bonchev–Trinajstić information content (AvgIpc) is 3.14. The Balaban J connectivity index is 0.00000280. The van der Waals surface area contributed by atoms with Gasteiger partial charge in [-0.25, -0.2) is 0 Å². The molecular formula is C21H26ClN3O2S. The van der Waals surface area contributed by atoms with E-state index in [0.717, 1.165) is 36.4 Å². The number of carbonyl (C=O) groups excluding carboxylic acids is 2. The van der Waals surface area contributed by atoms with Gasteiger partial charge in [0.2, 0.25) is 5.91 Å². The van der Waals surface area contributed by atoms with E-state index in [9.17, 15) is 9.59 Å². The van der Waals surface area contributed by atoms with Crippen LogP contribution in [0, 0.1) is 0 Å². The number of nitrogens with two attached hydrogens (primary N) is 1. The van der Waals surface area contributed by atoms with Gasteiger partial charge in [-0.2, -0.15) is 0 Å². The average molecular weight is 420 g/mol. The van der Waals surface area contributed by atoms with E-state index in [-0.39, 0.29) is 24.2 Å². The van der Waals surface area contributed by atoms with E-state index in [4.69, 9.17) is 5.73 Å². The van der Waals surface area contributed by atoms with Crippen molar-refractivity contribution in [2.45, 2.75) is 24.2 Å². The predicted octanol–water partition coefficient (Wildman–Crippen LogP) is 3.26. The Bertz CT molecular complexity index is 816. The van der Waals surface area contributed by atoms with Crippen LogP contribution in [0.1, 0.15) is 28.8 Å². The van der Waals surface area contributed by atoms with Gasteiger partial charge < -0.3 is 16.0 Å². The molecule has 0 bridgehead atoms. The van der Waals surface area contributed by atoms with Crippen LogP contribution in [0.4, 0.5) is 5.69 Å². The summed E-state index contributed by atoms with van der Waals surface area (Å²) in [5.74, 6) is 0.281. The van der Waals surface area contributed by atoms with Gasteiger partial charge in [-0.15, -0.1) is 24.2 Å². The normalized spacial score (nSPS) is 12.2. The van der Waals surface area contributed by atoms with Crippen molar-refractivity contribution in [1.82, 2.24) is 5.32 Å². The van der Waals surface area contributed by atoms with Crippen LogP contribution in [0.3, 0.4) is 0 Å². The number of halogens is 1. The molecule has 0 atom stereocenters. The third-order valence-electron chi connectivity index (χ3n) is 4.59. The summed E-state index contributed by atoms with van der Waals surface area (Å²) >= 11 is 1.42. The molecule has 2 amide bonds. The summed E-state index contributed by atoms with van der Waals surface area (Å²) in [6, 6.07) is 15.5. The fraction of sp³-hybridized carbons (Fsp3) is 0.333. The molecule has 2 aromatic carbocycles. The van der Waals surface area contributed by atoms with Crippen LogP contribution in [-0.2, 0) is 11.2 Å². The summed E-state index contributed by atoms with van der Waals surface area (Å²) in [6.45, 7) is 1.96. The van der Waals surface area contributed by atoms with Gasteiger partial charge in [-0.1, -0.05) is 30.3 Å². The summed E-state index contributed by atoms with van der Waals surface area (Å²) in [5, 5.41) is 2.93. The first-order chi connectivity index (χ1) is 13.2. The summed E-state index contributed by atoms with van der Waals surface area (Å²) in [6.07, 6.45) is 2.65. The molecular weight excluding hydrogens is 394 g/mol. The highest BCUT2D eigenvalue weighted by molar-refractivity contribution is 8.00. The lowest BCUT2D eigenvalue weighted by molar-refractivity contribution is -0.116. The van der Waals surface area contributed by atoms with Gasteiger partial charge in [0.25, 0.3) is 5.91 Å². The van der Waals surface area contributed by atoms with E-state index in [1.807, 2.05) is 41.3 Å². The van der Waals surface area contributed by atoms with Gasteiger partial charge in [0, 0.05) is 23.7 Å². The third kappa shape index (κ3) is 5.50. The first kappa shape index (κ1) is 22.3. The molecule has 5 nitrogen and oxygen atoms in total. The molecule has 1 heterocycles. The number of rotatable bonds is 8. The maximum atomic E-state index is 12.7. The molecule has 7 heteroatoms. The smallest absolute Gasteiger partial charge is 0.252 e. The first-order valence-corrected chi connectivity index (χ1v) is 10.3. The highest BCUT2D eigenvalue weighted by Crippen LogP contribution is 2.29. The van der Waals surface area contributed by atoms with E-state index in [1.54, 1.807) is 6.07 Å². The second-order valence-corrected chi connectivity index (χ2v) is 7.48. The molecule has 1 aliphatic heterocycles. The van der Waals surface area contributed by atoms with Crippen molar-refractivity contribution in [3.63, 3.8) is 0 Å². The first-order valence-electron chi connectivity index (χ1n) is 9.29. The van der Waals surface area contributed by atoms with E-state index < -0.39 is 0 Å². The van der Waals surface area contributed by atoms with Crippen molar-refractivity contribution in [3.05, 3.63) is 59.7 Å². The molecule has 0 aliphatic carbocycles. The number of benzene rings is 2. The van der Waals surface area contributed by atoms with Gasteiger partial charge in [-0.05, 0) is 49.6 Å². The van der Waals surface area contributed by atoms with E-state index in [2.05, 4.69) is 11.4 Å². The number of amides is 2. The number of thioether (sulfide) groups is 1. The summed E-state index contributed by atoms with van der Waals surface area (Å²) < 4.78 is 0. The molecule has 3 N–H and O–H groups in total. The Hall–Kier alpha value is -2.02. The number of para-hydroxylation sites is 1. The fourth-order valence-corrected chi connectivity index (χ4v) is 4.09. The molecule has 0 aromatic heterocycles. The number of hydrogen-bond acceptors (Lipinski definition) is 4. The molecule has 0 saturated carbocycles. The summed E-state index contributed by atoms with van der Waals surface area (Å²) in [7, 11) is 0. The van der Waals surface area contributed by atoms with E-state index >= 15 is 0 Å². The maximum absolute atomic E-state index is 12.7. The van der Waals surface area contributed by atoms with Crippen LogP contribution >= 0.6 is 24.2 Å². The molecule has 0 spiro atoms. The molecule has 0 radical (unpaired) electrons. The molecule has 150 valence electrons. The molecule has 0 saturated heterocycles. The predicted molar refractivity (Wildman–Crippen MR) is 118 cm³/mol. The van der Waals surface area contributed by atoms with Crippen LogP contribution in [0.2, 0.25) is 0 Å². The third-order valence-corrected chi connectivity index (χ3v) is 5.65. The number of nitrogens with one attached hydrogen (secondary N) is 1. The summed E-state index contributed by atoms with van der Waals surface area (Å²) in [4.78, 5) is 27.8. The zero-order valence-corrected chi connectivity index (χ0v) is 17.4. The molecule has 0 fully saturated rings. The Morgan fingerprint density at radius 3 is 2.64 bits per heavy atom. The lowest BCUT2D eigenvalue weighted by atomic mass is 10.2. The standard InChI is InChI=1S/C21H25N3O2S.ClH/c22-12-5-6-13-23-21(26)17-8-2-4-10-19(17)27-15-20(25)24-14-11-16-7-1-3-9-18(16)24;/h1-4,7-10H,5-6,11-15,22H2,(H,23,26);1H. The quantitative estimate of drug-likeness (QED) is 0.508. The molecule has 1 aliphatic rings. The van der Waals surface area contributed by atoms with Gasteiger partial charge in [0.05, 0.1) is 11.3 Å². The lowest BCUT2D eigenvalue weighted by Gasteiger charge is -2.17. The zero-order chi connectivity index (χ0) is 19.1. The number of nitrogens with zero attached hydrogens (tertiary/aromatic N) is 1.